The summed E-state index contributed by atoms with van der Waals surface area (Å²) in [7, 11) is 0. The number of rotatable bonds is 4. The summed E-state index contributed by atoms with van der Waals surface area (Å²) in [5, 5.41) is 9.70. The van der Waals surface area contributed by atoms with Gasteiger partial charge in [0.1, 0.15) is 11.1 Å². The van der Waals surface area contributed by atoms with E-state index in [-0.39, 0.29) is 0 Å². The van der Waals surface area contributed by atoms with Gasteiger partial charge in [-0.25, -0.2) is 9.97 Å². The van der Waals surface area contributed by atoms with Gasteiger partial charge in [-0.1, -0.05) is 11.6 Å². The molecular formula is C17H17ClN4O. The molecule has 0 spiro atoms. The molecule has 118 valence electrons. The zero-order valence-electron chi connectivity index (χ0n) is 12.7. The first-order valence-corrected chi connectivity index (χ1v) is 7.99. The molecule has 0 aromatic carbocycles. The average molecular weight is 329 g/mol. The second-order valence-electron chi connectivity index (χ2n) is 5.51. The van der Waals surface area contributed by atoms with Crippen molar-refractivity contribution in [1.82, 2.24) is 9.97 Å². The summed E-state index contributed by atoms with van der Waals surface area (Å²) in [6, 6.07) is 9.54. The SMILES string of the molecule is N#Cc1ncccc1N1CCC(COc2ncccc2Cl)CC1. The first-order valence-electron chi connectivity index (χ1n) is 7.61. The van der Waals surface area contributed by atoms with Crippen molar-refractivity contribution in [3.05, 3.63) is 47.4 Å². The van der Waals surface area contributed by atoms with Gasteiger partial charge in [0.25, 0.3) is 0 Å². The second kappa shape index (κ2) is 7.30. The van der Waals surface area contributed by atoms with Crippen LogP contribution in [0.25, 0.3) is 0 Å². The predicted molar refractivity (Wildman–Crippen MR) is 88.6 cm³/mol. The van der Waals surface area contributed by atoms with Crippen LogP contribution >= 0.6 is 11.6 Å². The number of anilines is 1. The molecule has 1 saturated heterocycles. The van der Waals surface area contributed by atoms with Crippen LogP contribution in [0.2, 0.25) is 5.02 Å². The average Bonchev–Trinajstić information content (AvgIpc) is 2.61. The molecule has 3 heterocycles. The maximum atomic E-state index is 9.16. The molecule has 2 aromatic heterocycles. The number of pyridine rings is 2. The molecule has 0 N–H and O–H groups in total. The highest BCUT2D eigenvalue weighted by atomic mass is 35.5. The Labute approximate surface area is 140 Å². The van der Waals surface area contributed by atoms with Crippen molar-refractivity contribution < 1.29 is 4.74 Å². The molecule has 0 radical (unpaired) electrons. The fourth-order valence-corrected chi connectivity index (χ4v) is 2.93. The van der Waals surface area contributed by atoms with Gasteiger partial charge in [0.15, 0.2) is 5.69 Å². The van der Waals surface area contributed by atoms with Crippen LogP contribution in [0.5, 0.6) is 5.88 Å². The summed E-state index contributed by atoms with van der Waals surface area (Å²) in [5.74, 6) is 0.960. The van der Waals surface area contributed by atoms with Gasteiger partial charge in [-0.3, -0.25) is 0 Å². The lowest BCUT2D eigenvalue weighted by Gasteiger charge is -2.33. The van der Waals surface area contributed by atoms with E-state index in [9.17, 15) is 0 Å². The molecule has 0 atom stereocenters. The number of nitriles is 1. The number of aromatic nitrogens is 2. The normalized spacial score (nSPS) is 15.2. The Balaban J connectivity index is 1.55. The van der Waals surface area contributed by atoms with Crippen LogP contribution in [-0.4, -0.2) is 29.7 Å². The fourth-order valence-electron chi connectivity index (χ4n) is 2.75. The minimum atomic E-state index is 0.464. The molecule has 1 aliphatic heterocycles. The molecule has 3 rings (SSSR count). The number of piperidine rings is 1. The maximum absolute atomic E-state index is 9.16. The number of hydrogen-bond acceptors (Lipinski definition) is 5. The monoisotopic (exact) mass is 328 g/mol. The predicted octanol–water partition coefficient (Wildman–Crippen LogP) is 3.30. The lowest BCUT2D eigenvalue weighted by molar-refractivity contribution is 0.216. The van der Waals surface area contributed by atoms with Crippen molar-refractivity contribution in [1.29, 1.82) is 5.26 Å². The molecule has 0 saturated carbocycles. The third kappa shape index (κ3) is 3.72. The Morgan fingerprint density at radius 1 is 1.22 bits per heavy atom. The highest BCUT2D eigenvalue weighted by Crippen LogP contribution is 2.26. The zero-order chi connectivity index (χ0) is 16.1. The largest absolute Gasteiger partial charge is 0.476 e. The van der Waals surface area contributed by atoms with E-state index < -0.39 is 0 Å². The van der Waals surface area contributed by atoms with Crippen molar-refractivity contribution in [2.24, 2.45) is 5.92 Å². The molecule has 0 amide bonds. The molecule has 6 heteroatoms. The first kappa shape index (κ1) is 15.6. The third-order valence-corrected chi connectivity index (χ3v) is 4.32. The molecule has 1 fully saturated rings. The van der Waals surface area contributed by atoms with Crippen LogP contribution in [0, 0.1) is 17.2 Å². The van der Waals surface area contributed by atoms with Crippen LogP contribution in [-0.2, 0) is 0 Å². The summed E-state index contributed by atoms with van der Waals surface area (Å²) in [6.07, 6.45) is 5.34. The number of ether oxygens (including phenoxy) is 1. The smallest absolute Gasteiger partial charge is 0.232 e. The molecule has 5 nitrogen and oxygen atoms in total. The topological polar surface area (TPSA) is 62.0 Å². The molecule has 1 aliphatic rings. The van der Waals surface area contributed by atoms with E-state index in [1.165, 1.54) is 0 Å². The first-order chi connectivity index (χ1) is 11.3. The van der Waals surface area contributed by atoms with E-state index in [0.29, 0.717) is 29.1 Å². The van der Waals surface area contributed by atoms with E-state index in [0.717, 1.165) is 31.6 Å². The van der Waals surface area contributed by atoms with Crippen molar-refractivity contribution in [2.45, 2.75) is 12.8 Å². The van der Waals surface area contributed by atoms with Gasteiger partial charge in [-0.15, -0.1) is 0 Å². The molecule has 23 heavy (non-hydrogen) atoms. The van der Waals surface area contributed by atoms with Gasteiger partial charge in [-0.2, -0.15) is 5.26 Å². The van der Waals surface area contributed by atoms with E-state index in [4.69, 9.17) is 21.6 Å². The molecule has 2 aromatic rings. The van der Waals surface area contributed by atoms with Crippen LogP contribution in [0.3, 0.4) is 0 Å². The van der Waals surface area contributed by atoms with Crippen molar-refractivity contribution in [3.8, 4) is 11.9 Å². The highest BCUT2D eigenvalue weighted by molar-refractivity contribution is 6.31. The maximum Gasteiger partial charge on any atom is 0.232 e. The zero-order valence-corrected chi connectivity index (χ0v) is 13.4. The van der Waals surface area contributed by atoms with Gasteiger partial charge in [-0.05, 0) is 43.0 Å². The van der Waals surface area contributed by atoms with Gasteiger partial charge in [0, 0.05) is 25.5 Å². The van der Waals surface area contributed by atoms with Crippen LogP contribution in [0.15, 0.2) is 36.7 Å². The molecule has 0 unspecified atom stereocenters. The summed E-state index contributed by atoms with van der Waals surface area (Å²) in [5.41, 5.74) is 1.41. The van der Waals surface area contributed by atoms with Crippen LogP contribution in [0.4, 0.5) is 5.69 Å². The lowest BCUT2D eigenvalue weighted by Crippen LogP contribution is -2.36. The van der Waals surface area contributed by atoms with Gasteiger partial charge in [0.2, 0.25) is 5.88 Å². The summed E-state index contributed by atoms with van der Waals surface area (Å²) >= 11 is 6.05. The van der Waals surface area contributed by atoms with Gasteiger partial charge in [0.05, 0.1) is 12.3 Å². The summed E-state index contributed by atoms with van der Waals surface area (Å²) in [4.78, 5) is 10.5. The number of nitrogens with zero attached hydrogens (tertiary/aromatic N) is 4. The molecule has 0 aliphatic carbocycles. The van der Waals surface area contributed by atoms with Crippen molar-refractivity contribution in [3.63, 3.8) is 0 Å². The minimum absolute atomic E-state index is 0.464. The fraction of sp³-hybridized carbons (Fsp3) is 0.353. The Kier molecular flexibility index (Phi) is 4.94. The number of halogens is 1. The van der Waals surface area contributed by atoms with E-state index >= 15 is 0 Å². The third-order valence-electron chi connectivity index (χ3n) is 4.03. The highest BCUT2D eigenvalue weighted by Gasteiger charge is 2.22. The quantitative estimate of drug-likeness (QED) is 0.861. The Hall–Kier alpha value is -2.32. The Morgan fingerprint density at radius 2 is 1.96 bits per heavy atom. The van der Waals surface area contributed by atoms with Gasteiger partial charge < -0.3 is 9.64 Å². The van der Waals surface area contributed by atoms with Crippen LogP contribution < -0.4 is 9.64 Å². The summed E-state index contributed by atoms with van der Waals surface area (Å²) in [6.45, 7) is 2.40. The van der Waals surface area contributed by atoms with E-state index in [1.807, 2.05) is 12.1 Å². The Morgan fingerprint density at radius 3 is 2.70 bits per heavy atom. The lowest BCUT2D eigenvalue weighted by atomic mass is 9.97. The Bertz CT molecular complexity index is 708. The number of hydrogen-bond donors (Lipinski definition) is 0. The standard InChI is InChI=1S/C17H17ClN4O/c18-14-3-1-8-21-17(14)23-12-13-5-9-22(10-6-13)16-4-2-7-20-15(16)11-19/h1-4,7-8,13H,5-6,9-10,12H2. The minimum Gasteiger partial charge on any atom is -0.476 e. The van der Waals surface area contributed by atoms with Crippen molar-refractivity contribution in [2.75, 3.05) is 24.6 Å². The molecule has 0 bridgehead atoms. The van der Waals surface area contributed by atoms with E-state index in [1.54, 1.807) is 24.5 Å². The van der Waals surface area contributed by atoms with E-state index in [2.05, 4.69) is 20.9 Å². The second-order valence-corrected chi connectivity index (χ2v) is 5.92. The van der Waals surface area contributed by atoms with Gasteiger partial charge >= 0.3 is 0 Å². The summed E-state index contributed by atoms with van der Waals surface area (Å²) < 4.78 is 5.74. The molecular weight excluding hydrogens is 312 g/mol. The van der Waals surface area contributed by atoms with Crippen LogP contribution in [0.1, 0.15) is 18.5 Å². The van der Waals surface area contributed by atoms with Crippen molar-refractivity contribution >= 4 is 17.3 Å².